The third kappa shape index (κ3) is 3.59. The van der Waals surface area contributed by atoms with Gasteiger partial charge in [-0.25, -0.2) is 4.79 Å². The third-order valence-corrected chi connectivity index (χ3v) is 6.56. The molecule has 1 amide bonds. The molecule has 2 heterocycles. The molecule has 0 radical (unpaired) electrons. The van der Waals surface area contributed by atoms with Gasteiger partial charge in [0.25, 0.3) is 0 Å². The van der Waals surface area contributed by atoms with Crippen LogP contribution in [0.25, 0.3) is 11.1 Å². The van der Waals surface area contributed by atoms with Gasteiger partial charge in [0.15, 0.2) is 0 Å². The highest BCUT2D eigenvalue weighted by atomic mass is 16.6. The number of ether oxygens (including phenoxy) is 1. The molecule has 142 valence electrons. The molecular weight excluding hydrogens is 336 g/mol. The second-order valence-corrected chi connectivity index (χ2v) is 8.55. The van der Waals surface area contributed by atoms with Crippen molar-refractivity contribution in [1.29, 1.82) is 0 Å². The summed E-state index contributed by atoms with van der Waals surface area (Å²) in [5.41, 5.74) is 4.02. The Hall–Kier alpha value is -2.33. The molecule has 2 fully saturated rings. The van der Waals surface area contributed by atoms with Crippen LogP contribution in [0.2, 0.25) is 0 Å². The number of fused-ring (bicyclic) bond motifs is 2. The number of nitrogens with one attached hydrogen (secondary N) is 1. The zero-order valence-corrected chi connectivity index (χ0v) is 16.4. The minimum atomic E-state index is -0.339. The number of nitrogens with zero attached hydrogens (tertiary/aromatic N) is 1. The number of quaternary nitrogens is 1. The number of carbonyl (C=O) groups is 1. The molecule has 1 unspecified atom stereocenters. The van der Waals surface area contributed by atoms with Crippen LogP contribution in [0.5, 0.6) is 0 Å². The number of anilines is 1. The average Bonchev–Trinajstić information content (AvgIpc) is 2.80. The monoisotopic (exact) mass is 365 g/mol. The van der Waals surface area contributed by atoms with E-state index < -0.39 is 0 Å². The van der Waals surface area contributed by atoms with Crippen LogP contribution in [0.15, 0.2) is 48.5 Å². The second kappa shape index (κ2) is 7.01. The molecule has 0 saturated carbocycles. The van der Waals surface area contributed by atoms with E-state index >= 15 is 0 Å². The highest BCUT2D eigenvalue weighted by Gasteiger charge is 2.49. The SMILES string of the molecule is Cc1ccc(-c2ccccc2)c(NC(=O)OC2C[C@H]3CC[C@@H](C2)[N+]3(C)C)c1. The molecule has 2 aliphatic heterocycles. The topological polar surface area (TPSA) is 38.3 Å². The molecule has 0 aromatic heterocycles. The number of carbonyl (C=O) groups excluding carboxylic acids is 1. The molecule has 2 aromatic rings. The fraction of sp³-hybridized carbons (Fsp3) is 0.435. The molecular formula is C23H29N2O2+. The van der Waals surface area contributed by atoms with Crippen molar-refractivity contribution in [3.8, 4) is 11.1 Å². The maximum Gasteiger partial charge on any atom is 0.411 e. The number of hydrogen-bond acceptors (Lipinski definition) is 2. The second-order valence-electron chi connectivity index (χ2n) is 8.55. The molecule has 2 aliphatic rings. The largest absolute Gasteiger partial charge is 0.445 e. The van der Waals surface area contributed by atoms with Crippen LogP contribution < -0.4 is 5.32 Å². The van der Waals surface area contributed by atoms with E-state index in [1.54, 1.807) is 0 Å². The van der Waals surface area contributed by atoms with E-state index in [4.69, 9.17) is 4.74 Å². The molecule has 4 rings (SSSR count). The predicted molar refractivity (Wildman–Crippen MR) is 109 cm³/mol. The number of amides is 1. The van der Waals surface area contributed by atoms with Crippen molar-refractivity contribution in [1.82, 2.24) is 0 Å². The summed E-state index contributed by atoms with van der Waals surface area (Å²) in [5, 5.41) is 3.00. The summed E-state index contributed by atoms with van der Waals surface area (Å²) in [4.78, 5) is 12.6. The molecule has 2 aromatic carbocycles. The van der Waals surface area contributed by atoms with Gasteiger partial charge in [0.1, 0.15) is 6.10 Å². The highest BCUT2D eigenvalue weighted by molar-refractivity contribution is 5.91. The Morgan fingerprint density at radius 3 is 2.37 bits per heavy atom. The first-order valence-corrected chi connectivity index (χ1v) is 9.90. The van der Waals surface area contributed by atoms with E-state index in [1.165, 1.54) is 12.8 Å². The van der Waals surface area contributed by atoms with Crippen molar-refractivity contribution < 1.29 is 14.0 Å². The molecule has 2 bridgehead atoms. The average molecular weight is 365 g/mol. The lowest BCUT2D eigenvalue weighted by Crippen LogP contribution is -2.56. The van der Waals surface area contributed by atoms with Gasteiger partial charge in [-0.2, -0.15) is 0 Å². The molecule has 2 saturated heterocycles. The minimum Gasteiger partial charge on any atom is -0.445 e. The van der Waals surface area contributed by atoms with Crippen LogP contribution in [0, 0.1) is 6.92 Å². The van der Waals surface area contributed by atoms with E-state index in [-0.39, 0.29) is 12.2 Å². The molecule has 0 spiro atoms. The van der Waals surface area contributed by atoms with E-state index in [0.29, 0.717) is 12.1 Å². The normalized spacial score (nSPS) is 25.8. The number of aryl methyl sites for hydroxylation is 1. The van der Waals surface area contributed by atoms with Crippen LogP contribution in [-0.4, -0.2) is 42.9 Å². The Morgan fingerprint density at radius 1 is 1.04 bits per heavy atom. The maximum absolute atomic E-state index is 12.6. The lowest BCUT2D eigenvalue weighted by atomic mass is 9.98. The van der Waals surface area contributed by atoms with E-state index in [9.17, 15) is 4.79 Å². The minimum absolute atomic E-state index is 0.0265. The Kier molecular flexibility index (Phi) is 4.68. The summed E-state index contributed by atoms with van der Waals surface area (Å²) in [6, 6.07) is 17.5. The predicted octanol–water partition coefficient (Wildman–Crippen LogP) is 4.98. The van der Waals surface area contributed by atoms with E-state index in [1.807, 2.05) is 31.2 Å². The first-order valence-electron chi connectivity index (χ1n) is 9.90. The van der Waals surface area contributed by atoms with E-state index in [0.717, 1.165) is 39.7 Å². The van der Waals surface area contributed by atoms with Gasteiger partial charge in [-0.1, -0.05) is 42.5 Å². The Bertz CT molecular complexity index is 816. The lowest BCUT2D eigenvalue weighted by molar-refractivity contribution is -0.931. The van der Waals surface area contributed by atoms with Gasteiger partial charge in [0.2, 0.25) is 0 Å². The van der Waals surface area contributed by atoms with Crippen molar-refractivity contribution >= 4 is 11.8 Å². The van der Waals surface area contributed by atoms with Gasteiger partial charge in [0, 0.05) is 31.2 Å². The van der Waals surface area contributed by atoms with Crippen molar-refractivity contribution in [3.05, 3.63) is 54.1 Å². The zero-order chi connectivity index (χ0) is 19.0. The fourth-order valence-corrected chi connectivity index (χ4v) is 4.85. The summed E-state index contributed by atoms with van der Waals surface area (Å²) in [5.74, 6) is 0. The summed E-state index contributed by atoms with van der Waals surface area (Å²) in [6.07, 6.45) is 4.12. The molecule has 3 atom stereocenters. The van der Waals surface area contributed by atoms with Crippen LogP contribution in [0.4, 0.5) is 10.5 Å². The van der Waals surface area contributed by atoms with Crippen LogP contribution in [-0.2, 0) is 4.74 Å². The van der Waals surface area contributed by atoms with Gasteiger partial charge in [-0.15, -0.1) is 0 Å². The standard InChI is InChI=1S/C23H28N2O2/c1-16-9-12-21(17-7-5-4-6-8-17)22(13-16)24-23(26)27-20-14-18-10-11-19(15-20)25(18,2)3/h4-9,12-13,18-20H,10-11,14-15H2,1-3H3/p+1/t18-,19+,20?. The van der Waals surface area contributed by atoms with Gasteiger partial charge in [-0.3, -0.25) is 5.32 Å². The van der Waals surface area contributed by atoms with Crippen molar-refractivity contribution in [2.45, 2.75) is 50.8 Å². The molecule has 4 heteroatoms. The molecule has 0 aliphatic carbocycles. The lowest BCUT2D eigenvalue weighted by Gasteiger charge is -2.43. The number of benzene rings is 2. The Morgan fingerprint density at radius 2 is 1.70 bits per heavy atom. The van der Waals surface area contributed by atoms with Gasteiger partial charge < -0.3 is 9.22 Å². The van der Waals surface area contributed by atoms with Gasteiger partial charge >= 0.3 is 6.09 Å². The molecule has 4 nitrogen and oxygen atoms in total. The Balaban J connectivity index is 1.47. The number of piperidine rings is 1. The van der Waals surface area contributed by atoms with Crippen molar-refractivity contribution in [2.24, 2.45) is 0 Å². The van der Waals surface area contributed by atoms with Gasteiger partial charge in [0.05, 0.1) is 31.9 Å². The maximum atomic E-state index is 12.6. The van der Waals surface area contributed by atoms with Crippen molar-refractivity contribution in [2.75, 3.05) is 19.4 Å². The quantitative estimate of drug-likeness (QED) is 0.779. The summed E-state index contributed by atoms with van der Waals surface area (Å²) >= 11 is 0. The van der Waals surface area contributed by atoms with Crippen LogP contribution in [0.1, 0.15) is 31.2 Å². The third-order valence-electron chi connectivity index (χ3n) is 6.56. The van der Waals surface area contributed by atoms with Crippen LogP contribution in [0.3, 0.4) is 0 Å². The molecule has 27 heavy (non-hydrogen) atoms. The smallest absolute Gasteiger partial charge is 0.411 e. The van der Waals surface area contributed by atoms with E-state index in [2.05, 4.69) is 43.7 Å². The molecule has 1 N–H and O–H groups in total. The van der Waals surface area contributed by atoms with Crippen LogP contribution >= 0.6 is 0 Å². The summed E-state index contributed by atoms with van der Waals surface area (Å²) in [6.45, 7) is 2.03. The number of rotatable bonds is 3. The summed E-state index contributed by atoms with van der Waals surface area (Å²) in [7, 11) is 4.63. The van der Waals surface area contributed by atoms with Crippen molar-refractivity contribution in [3.63, 3.8) is 0 Å². The Labute approximate surface area is 161 Å². The number of hydrogen-bond donors (Lipinski definition) is 1. The first kappa shape index (κ1) is 18.1. The zero-order valence-electron chi connectivity index (χ0n) is 16.4. The first-order chi connectivity index (χ1) is 12.9. The summed E-state index contributed by atoms with van der Waals surface area (Å²) < 4.78 is 6.92. The van der Waals surface area contributed by atoms with Gasteiger partial charge in [-0.05, 0) is 24.1 Å². The highest BCUT2D eigenvalue weighted by Crippen LogP contribution is 2.40. The fourth-order valence-electron chi connectivity index (χ4n) is 4.85.